The zero-order valence-electron chi connectivity index (χ0n) is 23.5. The number of ketones is 3. The van der Waals surface area contributed by atoms with Gasteiger partial charge in [0, 0.05) is 24.2 Å². The predicted molar refractivity (Wildman–Crippen MR) is 144 cm³/mol. The van der Waals surface area contributed by atoms with E-state index in [0.29, 0.717) is 19.3 Å². The van der Waals surface area contributed by atoms with E-state index in [-0.39, 0.29) is 60.6 Å². The van der Waals surface area contributed by atoms with Gasteiger partial charge in [-0.3, -0.25) is 19.2 Å². The molecule has 0 radical (unpaired) electrons. The Hall–Kier alpha value is -3.29. The third kappa shape index (κ3) is 4.59. The average molecular weight is 551 g/mol. The van der Waals surface area contributed by atoms with E-state index in [4.69, 9.17) is 14.2 Å². The van der Waals surface area contributed by atoms with Crippen molar-refractivity contribution < 1.29 is 38.2 Å². The van der Waals surface area contributed by atoms with E-state index in [1.807, 2.05) is 25.1 Å². The normalized spacial score (nSPS) is 34.6. The number of carbonyl (C=O) groups is 5. The molecular formula is C32H38O8. The number of hydrogen-bond acceptors (Lipinski definition) is 8. The van der Waals surface area contributed by atoms with Gasteiger partial charge in [0.25, 0.3) is 0 Å². The highest BCUT2D eigenvalue weighted by Crippen LogP contribution is 2.67. The van der Waals surface area contributed by atoms with Crippen LogP contribution in [0, 0.1) is 28.6 Å². The maximum Gasteiger partial charge on any atom is 0.509 e. The highest BCUT2D eigenvalue weighted by molar-refractivity contribution is 5.96. The molecule has 4 aliphatic carbocycles. The van der Waals surface area contributed by atoms with Gasteiger partial charge in [-0.1, -0.05) is 49.8 Å². The molecule has 214 valence electrons. The van der Waals surface area contributed by atoms with Crippen molar-refractivity contribution in [3.05, 3.63) is 47.5 Å². The Balaban J connectivity index is 1.42. The lowest BCUT2D eigenvalue weighted by molar-refractivity contribution is -0.177. The fourth-order valence-electron chi connectivity index (χ4n) is 8.42. The molecule has 0 saturated heterocycles. The van der Waals surface area contributed by atoms with Gasteiger partial charge in [-0.2, -0.15) is 0 Å². The Morgan fingerprint density at radius 1 is 0.975 bits per heavy atom. The second kappa shape index (κ2) is 10.6. The third-order valence-corrected chi connectivity index (χ3v) is 10.3. The summed E-state index contributed by atoms with van der Waals surface area (Å²) in [6, 6.07) is 9.08. The summed E-state index contributed by atoms with van der Waals surface area (Å²) in [5.41, 5.74) is -1.16. The van der Waals surface area contributed by atoms with Gasteiger partial charge in [0.1, 0.15) is 5.78 Å². The Morgan fingerprint density at radius 2 is 1.73 bits per heavy atom. The predicted octanol–water partition coefficient (Wildman–Crippen LogP) is 4.96. The second-order valence-corrected chi connectivity index (χ2v) is 12.3. The summed E-state index contributed by atoms with van der Waals surface area (Å²) in [4.78, 5) is 65.4. The van der Waals surface area contributed by atoms with Crippen LogP contribution in [0.25, 0.3) is 0 Å². The van der Waals surface area contributed by atoms with Crippen molar-refractivity contribution in [3.8, 4) is 0 Å². The van der Waals surface area contributed by atoms with Crippen molar-refractivity contribution in [2.24, 2.45) is 28.6 Å². The van der Waals surface area contributed by atoms with Crippen LogP contribution < -0.4 is 0 Å². The van der Waals surface area contributed by atoms with E-state index in [9.17, 15) is 24.0 Å². The number of allylic oxidation sites excluding steroid dienone is 1. The van der Waals surface area contributed by atoms with E-state index in [1.165, 1.54) is 0 Å². The van der Waals surface area contributed by atoms with Crippen molar-refractivity contribution in [1.82, 2.24) is 0 Å². The fourth-order valence-corrected chi connectivity index (χ4v) is 8.42. The molecule has 5 rings (SSSR count). The van der Waals surface area contributed by atoms with E-state index >= 15 is 0 Å². The molecule has 0 amide bonds. The van der Waals surface area contributed by atoms with Crippen LogP contribution >= 0.6 is 0 Å². The first kappa shape index (κ1) is 28.2. The summed E-state index contributed by atoms with van der Waals surface area (Å²) in [6.45, 7) is 5.16. The van der Waals surface area contributed by atoms with Gasteiger partial charge in [0.2, 0.25) is 5.78 Å². The van der Waals surface area contributed by atoms with Crippen molar-refractivity contribution in [2.45, 2.75) is 77.7 Å². The van der Waals surface area contributed by atoms with Gasteiger partial charge < -0.3 is 14.2 Å². The van der Waals surface area contributed by atoms with Gasteiger partial charge in [-0.15, -0.1) is 0 Å². The molecule has 0 N–H and O–H groups in total. The van der Waals surface area contributed by atoms with Crippen LogP contribution in [0.15, 0.2) is 42.0 Å². The van der Waals surface area contributed by atoms with Crippen LogP contribution in [-0.4, -0.2) is 48.3 Å². The quantitative estimate of drug-likeness (QED) is 0.438. The van der Waals surface area contributed by atoms with Crippen molar-refractivity contribution in [1.29, 1.82) is 0 Å². The Morgan fingerprint density at radius 3 is 2.45 bits per heavy atom. The number of esters is 1. The topological polar surface area (TPSA) is 113 Å². The van der Waals surface area contributed by atoms with Gasteiger partial charge in [0.15, 0.2) is 18.0 Å². The number of ether oxygens (including phenoxy) is 3. The smallest absolute Gasteiger partial charge is 0.457 e. The van der Waals surface area contributed by atoms with Gasteiger partial charge in [-0.05, 0) is 67.9 Å². The van der Waals surface area contributed by atoms with Crippen LogP contribution in [0.5, 0.6) is 0 Å². The zero-order chi connectivity index (χ0) is 28.7. The summed E-state index contributed by atoms with van der Waals surface area (Å²) in [6.07, 6.45) is 4.25. The maximum atomic E-state index is 14.0. The molecule has 40 heavy (non-hydrogen) atoms. The Bertz CT molecular complexity index is 1250. The molecule has 0 spiro atoms. The van der Waals surface area contributed by atoms with E-state index in [1.54, 1.807) is 25.1 Å². The number of carbonyl (C=O) groups excluding carboxylic acids is 5. The summed E-state index contributed by atoms with van der Waals surface area (Å²) in [5.74, 6) is -1.21. The fraction of sp³-hybridized carbons (Fsp3) is 0.594. The lowest BCUT2D eigenvalue weighted by Crippen LogP contribution is -2.62. The summed E-state index contributed by atoms with van der Waals surface area (Å²) in [5, 5.41) is 0. The first-order valence-corrected chi connectivity index (χ1v) is 14.4. The monoisotopic (exact) mass is 550 g/mol. The lowest BCUT2D eigenvalue weighted by atomic mass is 9.46. The second-order valence-electron chi connectivity index (χ2n) is 12.3. The molecule has 0 aromatic heterocycles. The molecule has 0 heterocycles. The van der Waals surface area contributed by atoms with Crippen molar-refractivity contribution >= 4 is 29.5 Å². The van der Waals surface area contributed by atoms with Crippen LogP contribution in [0.1, 0.15) is 71.3 Å². The van der Waals surface area contributed by atoms with Gasteiger partial charge in [0.05, 0.1) is 13.0 Å². The minimum atomic E-state index is -1.64. The molecule has 3 saturated carbocycles. The first-order valence-electron chi connectivity index (χ1n) is 14.4. The summed E-state index contributed by atoms with van der Waals surface area (Å²) < 4.78 is 16.4. The summed E-state index contributed by atoms with van der Waals surface area (Å²) in [7, 11) is 0. The third-order valence-electron chi connectivity index (χ3n) is 10.3. The zero-order valence-corrected chi connectivity index (χ0v) is 23.5. The van der Waals surface area contributed by atoms with Gasteiger partial charge in [-0.25, -0.2) is 4.79 Å². The molecule has 6 atom stereocenters. The number of rotatable bonds is 7. The number of benzene rings is 1. The van der Waals surface area contributed by atoms with Crippen LogP contribution in [-0.2, 0) is 39.8 Å². The van der Waals surface area contributed by atoms with Gasteiger partial charge >= 0.3 is 12.1 Å². The van der Waals surface area contributed by atoms with E-state index in [0.717, 1.165) is 24.0 Å². The minimum absolute atomic E-state index is 0.00250. The molecular weight excluding hydrogens is 512 g/mol. The molecule has 8 nitrogen and oxygen atoms in total. The molecule has 0 aliphatic heterocycles. The SMILES string of the molecule is CCOC(=O)O[C@]1(C(=O)COC(=O)Cc2ccccc2)CC[C@H]2[C@@H]3CCC4=CC(=O)CC[C@]4(C)[C@H]3C(=O)C[C@@]21C. The number of Topliss-reactive ketones (excluding diaryl/α,β-unsaturated/α-hetero) is 2. The highest BCUT2D eigenvalue weighted by atomic mass is 16.7. The highest BCUT2D eigenvalue weighted by Gasteiger charge is 2.71. The van der Waals surface area contributed by atoms with Crippen LogP contribution in [0.4, 0.5) is 4.79 Å². The Labute approximate surface area is 234 Å². The Kier molecular flexibility index (Phi) is 7.48. The average Bonchev–Trinajstić information content (AvgIpc) is 3.20. The standard InChI is InChI=1S/C32H38O8/c1-4-38-29(37)40-32(26(35)19-39-27(36)16-20-8-6-5-7-9-20)15-13-24-23-11-10-21-17-22(33)12-14-30(21,2)28(23)25(34)18-31(24,32)3/h5-9,17,23-24,28H,4,10-16,18-19H2,1-3H3/t23-,24-,28+,30-,31-,32-/m0/s1. The number of fused-ring (bicyclic) bond motifs is 5. The minimum Gasteiger partial charge on any atom is -0.457 e. The maximum absolute atomic E-state index is 14.0. The molecule has 3 fully saturated rings. The summed E-state index contributed by atoms with van der Waals surface area (Å²) >= 11 is 0. The molecule has 1 aromatic rings. The molecule has 0 bridgehead atoms. The van der Waals surface area contributed by atoms with Crippen LogP contribution in [0.2, 0.25) is 0 Å². The first-order chi connectivity index (χ1) is 19.0. The number of hydrogen-bond donors (Lipinski definition) is 0. The van der Waals surface area contributed by atoms with Crippen molar-refractivity contribution in [3.63, 3.8) is 0 Å². The molecule has 8 heteroatoms. The van der Waals surface area contributed by atoms with Crippen LogP contribution in [0.3, 0.4) is 0 Å². The van der Waals surface area contributed by atoms with E-state index < -0.39 is 35.5 Å². The van der Waals surface area contributed by atoms with Crippen molar-refractivity contribution in [2.75, 3.05) is 13.2 Å². The molecule has 0 unspecified atom stereocenters. The van der Waals surface area contributed by atoms with E-state index in [2.05, 4.69) is 6.92 Å². The lowest BCUT2D eigenvalue weighted by Gasteiger charge is -2.57. The molecule has 1 aromatic carbocycles. The largest absolute Gasteiger partial charge is 0.509 e. The molecule has 4 aliphatic rings.